The van der Waals surface area contributed by atoms with E-state index in [9.17, 15) is 0 Å². The third-order valence-electron chi connectivity index (χ3n) is 1.98. The molecular formula is C11H18I-. The van der Waals surface area contributed by atoms with Crippen molar-refractivity contribution in [1.29, 1.82) is 0 Å². The summed E-state index contributed by atoms with van der Waals surface area (Å²) >= 11 is 0.344. The average Bonchev–Trinajstić information content (AvgIpc) is 2.06. The predicted molar refractivity (Wildman–Crippen MR) is 50.8 cm³/mol. The summed E-state index contributed by atoms with van der Waals surface area (Å²) in [6, 6.07) is 0. The molecule has 0 saturated carbocycles. The zero-order valence-corrected chi connectivity index (χ0v) is 10.2. The van der Waals surface area contributed by atoms with Crippen molar-refractivity contribution in [3.8, 4) is 0 Å². The molecule has 0 bridgehead atoms. The monoisotopic (exact) mass is 277 g/mol. The predicted octanol–water partition coefficient (Wildman–Crippen LogP) is 0.498. The van der Waals surface area contributed by atoms with E-state index in [2.05, 4.69) is 32.1 Å². The second-order valence-corrected chi connectivity index (χ2v) is 7.39. The topological polar surface area (TPSA) is 0 Å². The van der Waals surface area contributed by atoms with Crippen LogP contribution in [0.5, 0.6) is 0 Å². The molecule has 1 unspecified atom stereocenters. The minimum absolute atomic E-state index is 0.344. The van der Waals surface area contributed by atoms with Gasteiger partial charge in [0.25, 0.3) is 0 Å². The van der Waals surface area contributed by atoms with Crippen LogP contribution in [0.2, 0.25) is 0 Å². The van der Waals surface area contributed by atoms with Crippen molar-refractivity contribution in [3.63, 3.8) is 0 Å². The molecule has 0 aromatic heterocycles. The quantitative estimate of drug-likeness (QED) is 0.518. The molecular weight excluding hydrogens is 259 g/mol. The van der Waals surface area contributed by atoms with Gasteiger partial charge < -0.3 is 0 Å². The number of rotatable bonds is 4. The van der Waals surface area contributed by atoms with Crippen molar-refractivity contribution in [1.82, 2.24) is 0 Å². The molecule has 1 aliphatic rings. The van der Waals surface area contributed by atoms with Crippen molar-refractivity contribution in [2.75, 3.05) is 0 Å². The van der Waals surface area contributed by atoms with E-state index in [1.165, 1.54) is 25.7 Å². The molecule has 0 radical (unpaired) electrons. The van der Waals surface area contributed by atoms with Gasteiger partial charge in [-0.2, -0.15) is 0 Å². The van der Waals surface area contributed by atoms with E-state index in [1.54, 1.807) is 3.58 Å². The van der Waals surface area contributed by atoms with Crippen molar-refractivity contribution < 1.29 is 21.2 Å². The van der Waals surface area contributed by atoms with E-state index in [0.717, 1.165) is 3.92 Å². The van der Waals surface area contributed by atoms with Crippen LogP contribution in [0.4, 0.5) is 0 Å². The first-order chi connectivity index (χ1) is 5.83. The van der Waals surface area contributed by atoms with Gasteiger partial charge in [0.1, 0.15) is 0 Å². The Bertz CT molecular complexity index is 179. The van der Waals surface area contributed by atoms with Gasteiger partial charge in [-0.05, 0) is 0 Å². The number of hydrogen-bond donors (Lipinski definition) is 0. The first-order valence-corrected chi connectivity index (χ1v) is 7.14. The first kappa shape index (κ1) is 10.3. The molecule has 0 heterocycles. The van der Waals surface area contributed by atoms with E-state index in [-0.39, 0.29) is 0 Å². The Labute approximate surface area is 86.4 Å². The summed E-state index contributed by atoms with van der Waals surface area (Å²) in [5.41, 5.74) is 0. The van der Waals surface area contributed by atoms with Gasteiger partial charge in [0.15, 0.2) is 0 Å². The Morgan fingerprint density at radius 2 is 2.42 bits per heavy atom. The molecule has 1 rings (SSSR count). The summed E-state index contributed by atoms with van der Waals surface area (Å²) in [5, 5.41) is 0. The molecule has 1 aliphatic carbocycles. The van der Waals surface area contributed by atoms with Crippen LogP contribution in [-0.4, -0.2) is 3.92 Å². The fraction of sp³-hybridized carbons (Fsp3) is 0.636. The zero-order valence-electron chi connectivity index (χ0n) is 8.02. The third kappa shape index (κ3) is 3.74. The molecule has 0 aromatic carbocycles. The van der Waals surface area contributed by atoms with Crippen LogP contribution in [0.25, 0.3) is 0 Å². The summed E-state index contributed by atoms with van der Waals surface area (Å²) in [7, 11) is 0. The van der Waals surface area contributed by atoms with Crippen molar-refractivity contribution in [3.05, 3.63) is 21.8 Å². The molecule has 0 nitrogen and oxygen atoms in total. The Balaban J connectivity index is 2.29. The summed E-state index contributed by atoms with van der Waals surface area (Å²) in [6.07, 6.45) is 12.3. The van der Waals surface area contributed by atoms with E-state index in [1.807, 2.05) is 0 Å². The van der Waals surface area contributed by atoms with Gasteiger partial charge in [0.2, 0.25) is 0 Å². The van der Waals surface area contributed by atoms with Crippen molar-refractivity contribution in [2.45, 2.75) is 43.5 Å². The second kappa shape index (κ2) is 5.79. The van der Waals surface area contributed by atoms with Gasteiger partial charge in [-0.15, -0.1) is 0 Å². The minimum atomic E-state index is 0.344. The summed E-state index contributed by atoms with van der Waals surface area (Å²) in [4.78, 5) is 0. The van der Waals surface area contributed by atoms with Crippen LogP contribution in [0.1, 0.15) is 39.5 Å². The summed E-state index contributed by atoms with van der Waals surface area (Å²) < 4.78 is 2.75. The van der Waals surface area contributed by atoms with E-state index >= 15 is 0 Å². The van der Waals surface area contributed by atoms with Gasteiger partial charge in [-0.3, -0.25) is 0 Å². The van der Waals surface area contributed by atoms with Gasteiger partial charge in [0, 0.05) is 0 Å². The van der Waals surface area contributed by atoms with Crippen LogP contribution in [0.15, 0.2) is 21.8 Å². The average molecular weight is 277 g/mol. The molecule has 0 fully saturated rings. The Morgan fingerprint density at radius 3 is 3.00 bits per heavy atom. The van der Waals surface area contributed by atoms with Crippen LogP contribution < -0.4 is 21.2 Å². The molecule has 0 spiro atoms. The van der Waals surface area contributed by atoms with E-state index in [4.69, 9.17) is 0 Å². The molecule has 0 N–H and O–H groups in total. The van der Waals surface area contributed by atoms with Crippen LogP contribution in [0, 0.1) is 0 Å². The standard InChI is InChI=1S/C11H18I/c1-3-7-10(2)12-11-8-5-4-6-9-11/h4-5,8,10H,3,6-7,9H2,1-2H3/q-1. The first-order valence-electron chi connectivity index (χ1n) is 4.82. The van der Waals surface area contributed by atoms with Gasteiger partial charge in [-0.25, -0.2) is 0 Å². The molecule has 1 heteroatoms. The molecule has 12 heavy (non-hydrogen) atoms. The number of hydrogen-bond acceptors (Lipinski definition) is 0. The second-order valence-electron chi connectivity index (χ2n) is 3.26. The van der Waals surface area contributed by atoms with Crippen molar-refractivity contribution >= 4 is 0 Å². The molecule has 0 amide bonds. The van der Waals surface area contributed by atoms with Gasteiger partial charge >= 0.3 is 86.5 Å². The van der Waals surface area contributed by atoms with Crippen molar-refractivity contribution in [2.24, 2.45) is 0 Å². The van der Waals surface area contributed by atoms with E-state index in [0.29, 0.717) is 21.2 Å². The Kier molecular flexibility index (Phi) is 4.96. The Hall–Kier alpha value is 0.210. The summed E-state index contributed by atoms with van der Waals surface area (Å²) in [5.74, 6) is 0. The third-order valence-corrected chi connectivity index (χ3v) is 5.36. The van der Waals surface area contributed by atoms with Gasteiger partial charge in [-0.1, -0.05) is 0 Å². The van der Waals surface area contributed by atoms with Crippen LogP contribution in [-0.2, 0) is 0 Å². The number of allylic oxidation sites excluding steroid dienone is 4. The molecule has 70 valence electrons. The fourth-order valence-electron chi connectivity index (χ4n) is 1.36. The molecule has 0 aromatic rings. The van der Waals surface area contributed by atoms with Crippen LogP contribution >= 0.6 is 0 Å². The summed E-state index contributed by atoms with van der Waals surface area (Å²) in [6.45, 7) is 4.70. The number of alkyl halides is 1. The van der Waals surface area contributed by atoms with E-state index < -0.39 is 0 Å². The zero-order chi connectivity index (χ0) is 8.81. The number of halogens is 1. The molecule has 0 aliphatic heterocycles. The normalized spacial score (nSPS) is 19.3. The maximum atomic E-state index is 2.41. The molecule has 1 atom stereocenters. The van der Waals surface area contributed by atoms with Gasteiger partial charge in [0.05, 0.1) is 0 Å². The maximum absolute atomic E-state index is 2.41. The SMILES string of the molecule is CCCC(C)[I-]C1=CC=CCC1. The Morgan fingerprint density at radius 1 is 1.58 bits per heavy atom. The fourth-order valence-corrected chi connectivity index (χ4v) is 4.69. The molecule has 0 saturated heterocycles. The van der Waals surface area contributed by atoms with Crippen LogP contribution in [0.3, 0.4) is 0 Å².